The fraction of sp³-hybridized carbons (Fsp3) is 0.667. The summed E-state index contributed by atoms with van der Waals surface area (Å²) in [4.78, 5) is 15.3. The molecule has 2 saturated carbocycles. The molecule has 2 heterocycles. The third kappa shape index (κ3) is 4.34. The van der Waals surface area contributed by atoms with Gasteiger partial charge in [0.2, 0.25) is 0 Å². The van der Waals surface area contributed by atoms with Gasteiger partial charge in [0, 0.05) is 25.0 Å². The smallest absolute Gasteiger partial charge is 0.310 e. The van der Waals surface area contributed by atoms with Gasteiger partial charge in [0.1, 0.15) is 6.10 Å². The molecule has 1 N–H and O–H groups in total. The fourth-order valence-electron chi connectivity index (χ4n) is 6.92. The maximum absolute atomic E-state index is 12.8. The van der Waals surface area contributed by atoms with Crippen molar-refractivity contribution in [1.29, 1.82) is 0 Å². The van der Waals surface area contributed by atoms with Gasteiger partial charge in [-0.15, -0.1) is 0 Å². The summed E-state index contributed by atoms with van der Waals surface area (Å²) in [6.07, 6.45) is 8.21. The summed E-state index contributed by atoms with van der Waals surface area (Å²) in [6.45, 7) is 10.9. The van der Waals surface area contributed by atoms with E-state index in [1.165, 1.54) is 24.0 Å². The maximum atomic E-state index is 12.8. The fourth-order valence-corrected chi connectivity index (χ4v) is 6.92. The predicted octanol–water partition coefficient (Wildman–Crippen LogP) is 4.55. The Bertz CT molecular complexity index is 801. The number of esters is 1. The molecule has 4 nitrogen and oxygen atoms in total. The molecule has 5 atom stereocenters. The number of nitrogens with one attached hydrogen (secondary N) is 1. The Balaban J connectivity index is 1.13. The van der Waals surface area contributed by atoms with Crippen molar-refractivity contribution in [1.82, 2.24) is 10.2 Å². The maximum Gasteiger partial charge on any atom is 0.310 e. The van der Waals surface area contributed by atoms with E-state index in [9.17, 15) is 4.79 Å². The summed E-state index contributed by atoms with van der Waals surface area (Å²) >= 11 is 0. The van der Waals surface area contributed by atoms with Crippen LogP contribution in [0.25, 0.3) is 0 Å². The van der Waals surface area contributed by atoms with Gasteiger partial charge < -0.3 is 10.1 Å². The third-order valence-electron chi connectivity index (χ3n) is 8.78. The van der Waals surface area contributed by atoms with Crippen molar-refractivity contribution in [2.45, 2.75) is 70.6 Å². The highest BCUT2D eigenvalue weighted by atomic mass is 16.6. The molecule has 4 heteroatoms. The Hall–Kier alpha value is -1.65. The number of benzene rings is 1. The second-order valence-corrected chi connectivity index (χ2v) is 10.8. The molecule has 0 bridgehead atoms. The predicted molar refractivity (Wildman–Crippen MR) is 123 cm³/mol. The number of carbonyl (C=O) groups is 1. The zero-order valence-corrected chi connectivity index (χ0v) is 19.0. The van der Waals surface area contributed by atoms with Gasteiger partial charge in [0.15, 0.2) is 0 Å². The lowest BCUT2D eigenvalue weighted by molar-refractivity contribution is -0.146. The Labute approximate surface area is 187 Å². The van der Waals surface area contributed by atoms with Crippen molar-refractivity contribution in [2.75, 3.05) is 19.6 Å². The largest absolute Gasteiger partial charge is 0.462 e. The van der Waals surface area contributed by atoms with Crippen LogP contribution in [0.2, 0.25) is 0 Å². The molecule has 1 aromatic rings. The van der Waals surface area contributed by atoms with Crippen LogP contribution in [0.5, 0.6) is 0 Å². The van der Waals surface area contributed by atoms with E-state index in [-0.39, 0.29) is 23.4 Å². The van der Waals surface area contributed by atoms with Crippen molar-refractivity contribution in [3.05, 3.63) is 48.0 Å². The number of rotatable bonds is 5. The Morgan fingerprint density at radius 3 is 2.77 bits per heavy atom. The molecule has 4 fully saturated rings. The normalized spacial score (nSPS) is 36.7. The first kappa shape index (κ1) is 21.2. The first-order valence-corrected chi connectivity index (χ1v) is 12.4. The SMILES string of the molecule is C=C1CCC[C@]2(C)C[C@H]3OC(=O)[C@H](CNC4CCN(Cc5ccccc5)CC4)[C@@H]3C[C@H]12. The second-order valence-electron chi connectivity index (χ2n) is 10.8. The number of piperidine rings is 1. The molecule has 5 rings (SSSR count). The lowest BCUT2D eigenvalue weighted by Gasteiger charge is -2.50. The van der Waals surface area contributed by atoms with Gasteiger partial charge >= 0.3 is 5.97 Å². The van der Waals surface area contributed by atoms with E-state index in [0.29, 0.717) is 17.9 Å². The van der Waals surface area contributed by atoms with Gasteiger partial charge in [-0.3, -0.25) is 9.69 Å². The number of hydrogen-bond donors (Lipinski definition) is 1. The number of nitrogens with zero attached hydrogens (tertiary/aromatic N) is 1. The van der Waals surface area contributed by atoms with Crippen LogP contribution in [0, 0.1) is 23.2 Å². The Morgan fingerprint density at radius 2 is 2.00 bits per heavy atom. The third-order valence-corrected chi connectivity index (χ3v) is 8.78. The van der Waals surface area contributed by atoms with Crippen LogP contribution in [-0.4, -0.2) is 42.6 Å². The number of ether oxygens (including phenoxy) is 1. The highest BCUT2D eigenvalue weighted by molar-refractivity contribution is 5.75. The number of hydrogen-bond acceptors (Lipinski definition) is 4. The standard InChI is InChI=1S/C27H38N2O2/c1-19-7-6-12-27(2)16-25-22(15-24(19)27)23(26(30)31-25)17-28-21-10-13-29(14-11-21)18-20-8-4-3-5-9-20/h3-5,8-9,21-25,28H,1,6-7,10-18H2,2H3/t22-,23+,24+,25+,27+/m0/s1. The van der Waals surface area contributed by atoms with Crippen LogP contribution in [0.4, 0.5) is 0 Å². The van der Waals surface area contributed by atoms with Gasteiger partial charge in [-0.25, -0.2) is 0 Å². The molecular weight excluding hydrogens is 384 g/mol. The highest BCUT2D eigenvalue weighted by Gasteiger charge is 2.55. The summed E-state index contributed by atoms with van der Waals surface area (Å²) in [5, 5.41) is 3.75. The van der Waals surface area contributed by atoms with Crippen molar-refractivity contribution >= 4 is 5.97 Å². The van der Waals surface area contributed by atoms with Crippen molar-refractivity contribution in [3.63, 3.8) is 0 Å². The second kappa shape index (κ2) is 8.71. The molecule has 1 aromatic carbocycles. The van der Waals surface area contributed by atoms with Crippen LogP contribution in [0.1, 0.15) is 57.4 Å². The van der Waals surface area contributed by atoms with E-state index in [1.54, 1.807) is 0 Å². The molecule has 0 aromatic heterocycles. The van der Waals surface area contributed by atoms with Gasteiger partial charge in [-0.2, -0.15) is 0 Å². The van der Waals surface area contributed by atoms with E-state index in [2.05, 4.69) is 54.1 Å². The monoisotopic (exact) mass is 422 g/mol. The number of carbonyl (C=O) groups excluding carboxylic acids is 1. The number of likely N-dealkylation sites (tertiary alicyclic amines) is 1. The molecule has 4 aliphatic rings. The van der Waals surface area contributed by atoms with E-state index in [0.717, 1.165) is 58.3 Å². The molecule has 168 valence electrons. The first-order valence-electron chi connectivity index (χ1n) is 12.4. The molecule has 0 unspecified atom stereocenters. The molecule has 2 saturated heterocycles. The van der Waals surface area contributed by atoms with Crippen LogP contribution < -0.4 is 5.32 Å². The quantitative estimate of drug-likeness (QED) is 0.558. The van der Waals surface area contributed by atoms with Gasteiger partial charge in [-0.1, -0.05) is 49.4 Å². The Morgan fingerprint density at radius 1 is 1.23 bits per heavy atom. The van der Waals surface area contributed by atoms with Crippen LogP contribution in [-0.2, 0) is 16.1 Å². The zero-order valence-electron chi connectivity index (χ0n) is 19.0. The van der Waals surface area contributed by atoms with Crippen LogP contribution >= 0.6 is 0 Å². The summed E-state index contributed by atoms with van der Waals surface area (Å²) in [6, 6.07) is 11.3. The molecule has 2 aliphatic carbocycles. The van der Waals surface area contributed by atoms with Crippen LogP contribution in [0.15, 0.2) is 42.5 Å². The molecular formula is C27H38N2O2. The minimum Gasteiger partial charge on any atom is -0.462 e. The summed E-state index contributed by atoms with van der Waals surface area (Å²) in [5.41, 5.74) is 3.09. The van der Waals surface area contributed by atoms with Gasteiger partial charge in [-0.05, 0) is 74.9 Å². The van der Waals surface area contributed by atoms with E-state index in [4.69, 9.17) is 4.74 Å². The van der Waals surface area contributed by atoms with E-state index >= 15 is 0 Å². The van der Waals surface area contributed by atoms with Gasteiger partial charge in [0.05, 0.1) is 5.92 Å². The number of allylic oxidation sites excluding steroid dienone is 1. The van der Waals surface area contributed by atoms with Gasteiger partial charge in [0.25, 0.3) is 0 Å². The van der Waals surface area contributed by atoms with E-state index in [1.807, 2.05) is 0 Å². The molecule has 0 spiro atoms. The average Bonchev–Trinajstić information content (AvgIpc) is 3.06. The summed E-state index contributed by atoms with van der Waals surface area (Å²) in [7, 11) is 0. The topological polar surface area (TPSA) is 41.6 Å². The minimum atomic E-state index is 0.0200. The first-order chi connectivity index (χ1) is 15.0. The number of fused-ring (bicyclic) bond motifs is 2. The molecule has 0 amide bonds. The minimum absolute atomic E-state index is 0.0200. The molecule has 2 aliphatic heterocycles. The molecule has 0 radical (unpaired) electrons. The summed E-state index contributed by atoms with van der Waals surface area (Å²) < 4.78 is 5.93. The lowest BCUT2D eigenvalue weighted by Crippen LogP contribution is -2.47. The molecule has 31 heavy (non-hydrogen) atoms. The Kier molecular flexibility index (Phi) is 5.96. The lowest BCUT2D eigenvalue weighted by atomic mass is 9.55. The van der Waals surface area contributed by atoms with Crippen molar-refractivity contribution in [2.24, 2.45) is 23.2 Å². The summed E-state index contributed by atoms with van der Waals surface area (Å²) in [5.74, 6) is 0.996. The zero-order chi connectivity index (χ0) is 21.4. The average molecular weight is 423 g/mol. The van der Waals surface area contributed by atoms with Crippen LogP contribution in [0.3, 0.4) is 0 Å². The highest BCUT2D eigenvalue weighted by Crippen LogP contribution is 2.56. The van der Waals surface area contributed by atoms with Crippen molar-refractivity contribution in [3.8, 4) is 0 Å². The van der Waals surface area contributed by atoms with E-state index < -0.39 is 0 Å². The van der Waals surface area contributed by atoms with Crippen molar-refractivity contribution < 1.29 is 9.53 Å².